The van der Waals surface area contributed by atoms with Crippen molar-refractivity contribution in [3.63, 3.8) is 0 Å². The highest BCUT2D eigenvalue weighted by atomic mass is 35.5. The molecule has 1 aromatic heterocycles. The third-order valence-electron chi connectivity index (χ3n) is 4.39. The summed E-state index contributed by atoms with van der Waals surface area (Å²) >= 11 is 6.07. The van der Waals surface area contributed by atoms with Gasteiger partial charge in [0, 0.05) is 18.1 Å². The molecular weight excluding hydrogens is 312 g/mol. The summed E-state index contributed by atoms with van der Waals surface area (Å²) in [6, 6.07) is 7.49. The van der Waals surface area contributed by atoms with Crippen LogP contribution >= 0.6 is 11.6 Å². The number of benzene rings is 1. The Hall–Kier alpha value is -1.85. The van der Waals surface area contributed by atoms with Crippen molar-refractivity contribution in [1.29, 1.82) is 0 Å². The fraction of sp³-hybridized carbons (Fsp3) is 0.412. The Morgan fingerprint density at radius 1 is 1.48 bits per heavy atom. The number of carbonyl (C=O) groups excluding carboxylic acids is 1. The van der Waals surface area contributed by atoms with Crippen LogP contribution in [0.3, 0.4) is 0 Å². The summed E-state index contributed by atoms with van der Waals surface area (Å²) in [7, 11) is 0. The molecule has 23 heavy (non-hydrogen) atoms. The molecule has 1 aromatic carbocycles. The van der Waals surface area contributed by atoms with Crippen molar-refractivity contribution in [2.75, 3.05) is 19.6 Å². The molecule has 1 saturated heterocycles. The number of nitrogens with zero attached hydrogens (tertiary/aromatic N) is 3. The van der Waals surface area contributed by atoms with Crippen LogP contribution < -0.4 is 5.73 Å². The second-order valence-electron chi connectivity index (χ2n) is 5.89. The first-order valence-corrected chi connectivity index (χ1v) is 8.34. The van der Waals surface area contributed by atoms with E-state index in [4.69, 9.17) is 17.3 Å². The minimum Gasteiger partial charge on any atom is -0.338 e. The fourth-order valence-corrected chi connectivity index (χ4v) is 3.29. The van der Waals surface area contributed by atoms with Gasteiger partial charge in [0.1, 0.15) is 0 Å². The predicted molar refractivity (Wildman–Crippen MR) is 91.0 cm³/mol. The van der Waals surface area contributed by atoms with E-state index >= 15 is 0 Å². The van der Waals surface area contributed by atoms with Gasteiger partial charge >= 0.3 is 0 Å². The summed E-state index contributed by atoms with van der Waals surface area (Å²) < 4.78 is 1.80. The maximum Gasteiger partial charge on any atom is 0.257 e. The van der Waals surface area contributed by atoms with Crippen LogP contribution in [0.4, 0.5) is 0 Å². The average Bonchev–Trinajstić information content (AvgIpc) is 3.20. The van der Waals surface area contributed by atoms with Gasteiger partial charge in [-0.3, -0.25) is 4.79 Å². The molecule has 5 nitrogen and oxygen atoms in total. The molecule has 1 unspecified atom stereocenters. The molecule has 0 bridgehead atoms. The van der Waals surface area contributed by atoms with Gasteiger partial charge in [-0.15, -0.1) is 0 Å². The van der Waals surface area contributed by atoms with Crippen LogP contribution in [0, 0.1) is 5.92 Å². The molecule has 1 aliphatic heterocycles. The molecule has 0 aliphatic carbocycles. The Bertz CT molecular complexity index is 712. The lowest BCUT2D eigenvalue weighted by molar-refractivity contribution is 0.0786. The van der Waals surface area contributed by atoms with Crippen LogP contribution in [0.25, 0.3) is 5.69 Å². The standard InChI is InChI=1S/C17H21ClN4O/c1-2-16-15(17(23)21-7-6-12(9-19)11-21)10-20-22(16)14-5-3-4-13(18)8-14/h3-5,8,10,12H,2,6-7,9,11,19H2,1H3. The van der Waals surface area contributed by atoms with E-state index in [1.807, 2.05) is 36.1 Å². The van der Waals surface area contributed by atoms with E-state index < -0.39 is 0 Å². The van der Waals surface area contributed by atoms with E-state index in [-0.39, 0.29) is 5.91 Å². The predicted octanol–water partition coefficient (Wildman–Crippen LogP) is 2.51. The van der Waals surface area contributed by atoms with Crippen LogP contribution in [-0.4, -0.2) is 40.2 Å². The third kappa shape index (κ3) is 3.12. The maximum absolute atomic E-state index is 12.8. The quantitative estimate of drug-likeness (QED) is 0.935. The van der Waals surface area contributed by atoms with Crippen molar-refractivity contribution in [1.82, 2.24) is 14.7 Å². The molecule has 2 N–H and O–H groups in total. The highest BCUT2D eigenvalue weighted by Crippen LogP contribution is 2.23. The van der Waals surface area contributed by atoms with Gasteiger partial charge in [-0.05, 0) is 43.5 Å². The molecule has 3 rings (SSSR count). The van der Waals surface area contributed by atoms with E-state index in [1.165, 1.54) is 0 Å². The van der Waals surface area contributed by atoms with Crippen molar-refractivity contribution in [3.05, 3.63) is 46.7 Å². The zero-order valence-electron chi connectivity index (χ0n) is 13.2. The molecule has 1 fully saturated rings. The number of likely N-dealkylation sites (tertiary alicyclic amines) is 1. The van der Waals surface area contributed by atoms with Crippen LogP contribution in [0.5, 0.6) is 0 Å². The molecule has 1 atom stereocenters. The number of halogens is 1. The largest absolute Gasteiger partial charge is 0.338 e. The molecule has 1 aliphatic rings. The minimum atomic E-state index is 0.0473. The van der Waals surface area contributed by atoms with Crippen molar-refractivity contribution in [3.8, 4) is 5.69 Å². The summed E-state index contributed by atoms with van der Waals surface area (Å²) in [5.74, 6) is 0.457. The molecule has 0 spiro atoms. The third-order valence-corrected chi connectivity index (χ3v) is 4.63. The molecule has 122 valence electrons. The Morgan fingerprint density at radius 2 is 2.30 bits per heavy atom. The summed E-state index contributed by atoms with van der Waals surface area (Å²) in [4.78, 5) is 14.7. The summed E-state index contributed by atoms with van der Waals surface area (Å²) in [6.07, 6.45) is 3.37. The number of hydrogen-bond donors (Lipinski definition) is 1. The lowest BCUT2D eigenvalue weighted by Crippen LogP contribution is -2.30. The van der Waals surface area contributed by atoms with E-state index in [9.17, 15) is 4.79 Å². The molecule has 2 aromatic rings. The van der Waals surface area contributed by atoms with Gasteiger partial charge in [0.25, 0.3) is 5.91 Å². The van der Waals surface area contributed by atoms with Crippen LogP contribution in [-0.2, 0) is 6.42 Å². The van der Waals surface area contributed by atoms with Crippen molar-refractivity contribution < 1.29 is 4.79 Å². The number of nitrogens with two attached hydrogens (primary N) is 1. The Labute approximate surface area is 141 Å². The molecule has 2 heterocycles. The van der Waals surface area contributed by atoms with E-state index in [0.717, 1.165) is 37.3 Å². The molecular formula is C17H21ClN4O. The van der Waals surface area contributed by atoms with Crippen molar-refractivity contribution in [2.45, 2.75) is 19.8 Å². The van der Waals surface area contributed by atoms with E-state index in [2.05, 4.69) is 5.10 Å². The first kappa shape index (κ1) is 16.0. The summed E-state index contributed by atoms with van der Waals surface area (Å²) in [6.45, 7) is 4.17. The lowest BCUT2D eigenvalue weighted by Gasteiger charge is -2.16. The van der Waals surface area contributed by atoms with Crippen LogP contribution in [0.2, 0.25) is 5.02 Å². The number of amides is 1. The molecule has 0 radical (unpaired) electrons. The van der Waals surface area contributed by atoms with Crippen molar-refractivity contribution >= 4 is 17.5 Å². The normalized spacial score (nSPS) is 17.7. The van der Waals surface area contributed by atoms with Gasteiger partial charge < -0.3 is 10.6 Å². The summed E-state index contributed by atoms with van der Waals surface area (Å²) in [5.41, 5.74) is 8.17. The molecule has 0 saturated carbocycles. The lowest BCUT2D eigenvalue weighted by atomic mass is 10.1. The fourth-order valence-electron chi connectivity index (χ4n) is 3.10. The van der Waals surface area contributed by atoms with Gasteiger partial charge in [-0.25, -0.2) is 4.68 Å². The molecule has 1 amide bonds. The van der Waals surface area contributed by atoms with Gasteiger partial charge in [-0.2, -0.15) is 5.10 Å². The van der Waals surface area contributed by atoms with E-state index in [1.54, 1.807) is 10.9 Å². The summed E-state index contributed by atoms with van der Waals surface area (Å²) in [5, 5.41) is 5.07. The first-order chi connectivity index (χ1) is 11.1. The zero-order valence-corrected chi connectivity index (χ0v) is 14.0. The highest BCUT2D eigenvalue weighted by Gasteiger charge is 2.28. The van der Waals surface area contributed by atoms with Crippen molar-refractivity contribution in [2.24, 2.45) is 11.7 Å². The van der Waals surface area contributed by atoms with E-state index in [0.29, 0.717) is 23.0 Å². The SMILES string of the molecule is CCc1c(C(=O)N2CCC(CN)C2)cnn1-c1cccc(Cl)c1. The van der Waals surface area contributed by atoms with Gasteiger partial charge in [-0.1, -0.05) is 24.6 Å². The van der Waals surface area contributed by atoms with Crippen LogP contribution in [0.1, 0.15) is 29.4 Å². The maximum atomic E-state index is 12.8. The number of hydrogen-bond acceptors (Lipinski definition) is 3. The monoisotopic (exact) mass is 332 g/mol. The minimum absolute atomic E-state index is 0.0473. The highest BCUT2D eigenvalue weighted by molar-refractivity contribution is 6.30. The zero-order chi connectivity index (χ0) is 16.4. The Morgan fingerprint density at radius 3 is 2.96 bits per heavy atom. The van der Waals surface area contributed by atoms with Gasteiger partial charge in [0.2, 0.25) is 0 Å². The van der Waals surface area contributed by atoms with Gasteiger partial charge in [0.05, 0.1) is 23.1 Å². The second kappa shape index (κ2) is 6.72. The number of carbonyl (C=O) groups is 1. The topological polar surface area (TPSA) is 64.2 Å². The average molecular weight is 333 g/mol. The second-order valence-corrected chi connectivity index (χ2v) is 6.33. The first-order valence-electron chi connectivity index (χ1n) is 7.96. The Kier molecular flexibility index (Phi) is 4.68. The molecule has 6 heteroatoms. The van der Waals surface area contributed by atoms with Gasteiger partial charge in [0.15, 0.2) is 0 Å². The Balaban J connectivity index is 1.91. The number of aromatic nitrogens is 2. The number of rotatable bonds is 4. The smallest absolute Gasteiger partial charge is 0.257 e. The van der Waals surface area contributed by atoms with Crippen LogP contribution in [0.15, 0.2) is 30.5 Å².